The number of carbonyl (C=O) groups excluding carboxylic acids is 1. The van der Waals surface area contributed by atoms with E-state index in [2.05, 4.69) is 28.8 Å². The van der Waals surface area contributed by atoms with Crippen LogP contribution < -0.4 is 0 Å². The highest BCUT2D eigenvalue weighted by molar-refractivity contribution is 6.12. The molecular weight excluding hydrogens is 262 g/mol. The van der Waals surface area contributed by atoms with Crippen LogP contribution in [0.2, 0.25) is 0 Å². The Morgan fingerprint density at radius 2 is 1.90 bits per heavy atom. The molecule has 4 nitrogen and oxygen atoms in total. The minimum Gasteiger partial charge on any atom is -0.279 e. The minimum atomic E-state index is -0.363. The van der Waals surface area contributed by atoms with Gasteiger partial charge < -0.3 is 0 Å². The zero-order valence-corrected chi connectivity index (χ0v) is 11.6. The van der Waals surface area contributed by atoms with Crippen molar-refractivity contribution in [2.75, 3.05) is 0 Å². The van der Waals surface area contributed by atoms with E-state index in [9.17, 15) is 4.79 Å². The molecule has 0 bridgehead atoms. The molecule has 0 atom stereocenters. The predicted octanol–water partition coefficient (Wildman–Crippen LogP) is 4.43. The van der Waals surface area contributed by atoms with Crippen LogP contribution in [0.1, 0.15) is 28.4 Å². The van der Waals surface area contributed by atoms with E-state index in [4.69, 9.17) is 5.53 Å². The van der Waals surface area contributed by atoms with E-state index in [-0.39, 0.29) is 5.78 Å². The van der Waals surface area contributed by atoms with Gasteiger partial charge in [0.15, 0.2) is 0 Å². The van der Waals surface area contributed by atoms with E-state index in [0.29, 0.717) is 11.3 Å². The van der Waals surface area contributed by atoms with Crippen LogP contribution in [0, 0.1) is 11.8 Å². The topological polar surface area (TPSA) is 65.8 Å². The van der Waals surface area contributed by atoms with Crippen molar-refractivity contribution in [2.45, 2.75) is 13.3 Å². The molecule has 0 aliphatic rings. The molecule has 0 aromatic heterocycles. The number of nitrogens with zero attached hydrogens (tertiary/aromatic N) is 3. The molecule has 0 unspecified atom stereocenters. The number of hydrogen-bond donors (Lipinski definition) is 0. The molecule has 0 saturated heterocycles. The van der Waals surface area contributed by atoms with Crippen molar-refractivity contribution >= 4 is 11.5 Å². The molecule has 0 saturated carbocycles. The lowest BCUT2D eigenvalue weighted by Crippen LogP contribution is -1.95. The van der Waals surface area contributed by atoms with Gasteiger partial charge in [-0.2, -0.15) is 0 Å². The summed E-state index contributed by atoms with van der Waals surface area (Å²) in [5.74, 6) is 5.05. The van der Waals surface area contributed by atoms with Crippen molar-refractivity contribution in [3.63, 3.8) is 0 Å². The summed E-state index contributed by atoms with van der Waals surface area (Å²) in [5, 5.41) is 3.50. The van der Waals surface area contributed by atoms with Crippen LogP contribution in [-0.2, 0) is 6.42 Å². The maximum absolute atomic E-state index is 12.1. The molecule has 2 aromatic rings. The molecule has 0 fully saturated rings. The van der Waals surface area contributed by atoms with Crippen LogP contribution in [-0.4, -0.2) is 5.78 Å². The van der Waals surface area contributed by atoms with Gasteiger partial charge in [0.05, 0.1) is 0 Å². The Kier molecular flexibility index (Phi) is 4.76. The first-order chi connectivity index (χ1) is 10.2. The van der Waals surface area contributed by atoms with Crippen molar-refractivity contribution in [2.24, 2.45) is 5.11 Å². The van der Waals surface area contributed by atoms with Crippen LogP contribution in [0.4, 0.5) is 5.69 Å². The van der Waals surface area contributed by atoms with E-state index in [1.165, 1.54) is 5.56 Å². The van der Waals surface area contributed by atoms with Gasteiger partial charge in [0.2, 0.25) is 5.78 Å². The zero-order chi connectivity index (χ0) is 15.1. The Balaban J connectivity index is 2.26. The van der Waals surface area contributed by atoms with Crippen molar-refractivity contribution in [1.82, 2.24) is 0 Å². The molecular formula is C17H13N3O. The predicted molar refractivity (Wildman–Crippen MR) is 82.3 cm³/mol. The second-order valence-electron chi connectivity index (χ2n) is 4.34. The van der Waals surface area contributed by atoms with Gasteiger partial charge in [-0.15, -0.1) is 0 Å². The fourth-order valence-corrected chi connectivity index (χ4v) is 1.82. The lowest BCUT2D eigenvalue weighted by molar-refractivity contribution is 0.105. The number of hydrogen-bond acceptors (Lipinski definition) is 2. The van der Waals surface area contributed by atoms with Crippen LogP contribution in [0.25, 0.3) is 10.4 Å². The summed E-state index contributed by atoms with van der Waals surface area (Å²) in [4.78, 5) is 14.8. The van der Waals surface area contributed by atoms with Gasteiger partial charge in [0.1, 0.15) is 0 Å². The quantitative estimate of drug-likeness (QED) is 0.269. The molecule has 4 heteroatoms. The highest BCUT2D eigenvalue weighted by atomic mass is 16.1. The maximum atomic E-state index is 12.1. The van der Waals surface area contributed by atoms with Crippen molar-refractivity contribution < 1.29 is 4.79 Å². The Bertz CT molecular complexity index is 761. The fraction of sp³-hybridized carbons (Fsp3) is 0.118. The summed E-state index contributed by atoms with van der Waals surface area (Å²) in [5.41, 5.74) is 11.1. The largest absolute Gasteiger partial charge is 0.279 e. The molecule has 21 heavy (non-hydrogen) atoms. The van der Waals surface area contributed by atoms with E-state index >= 15 is 0 Å². The molecule has 102 valence electrons. The summed E-state index contributed by atoms with van der Waals surface area (Å²) < 4.78 is 0. The van der Waals surface area contributed by atoms with E-state index in [1.54, 1.807) is 24.3 Å². The molecule has 0 amide bonds. The van der Waals surface area contributed by atoms with Crippen LogP contribution >= 0.6 is 0 Å². The Morgan fingerprint density at radius 3 is 2.57 bits per heavy atom. The molecule has 0 aliphatic carbocycles. The number of benzene rings is 2. The SMILES string of the molecule is CCc1ccc(C#CC(=O)c2ccccc2N=[N+]=[N-])cc1. The summed E-state index contributed by atoms with van der Waals surface area (Å²) in [6.45, 7) is 2.08. The summed E-state index contributed by atoms with van der Waals surface area (Å²) in [7, 11) is 0. The number of aryl methyl sites for hydroxylation is 1. The van der Waals surface area contributed by atoms with Gasteiger partial charge in [0.25, 0.3) is 0 Å². The van der Waals surface area contributed by atoms with E-state index in [0.717, 1.165) is 12.0 Å². The maximum Gasteiger partial charge on any atom is 0.236 e. The van der Waals surface area contributed by atoms with Crippen molar-refractivity contribution in [3.05, 3.63) is 75.7 Å². The molecule has 0 aliphatic heterocycles. The number of rotatable bonds is 3. The Labute approximate surface area is 123 Å². The first-order valence-corrected chi connectivity index (χ1v) is 6.54. The van der Waals surface area contributed by atoms with E-state index < -0.39 is 0 Å². The third kappa shape index (κ3) is 3.73. The molecule has 0 spiro atoms. The van der Waals surface area contributed by atoms with Gasteiger partial charge in [-0.1, -0.05) is 48.3 Å². The van der Waals surface area contributed by atoms with Gasteiger partial charge in [-0.05, 0) is 41.6 Å². The normalized spacial score (nSPS) is 9.19. The monoisotopic (exact) mass is 275 g/mol. The number of carbonyl (C=O) groups is 1. The highest BCUT2D eigenvalue weighted by Crippen LogP contribution is 2.19. The smallest absolute Gasteiger partial charge is 0.236 e. The second-order valence-corrected chi connectivity index (χ2v) is 4.34. The van der Waals surface area contributed by atoms with Crippen molar-refractivity contribution in [1.29, 1.82) is 0 Å². The molecule has 0 N–H and O–H groups in total. The van der Waals surface area contributed by atoms with Crippen LogP contribution in [0.15, 0.2) is 53.6 Å². The first kappa shape index (κ1) is 14.4. The third-order valence-electron chi connectivity index (χ3n) is 2.98. The summed E-state index contributed by atoms with van der Waals surface area (Å²) in [6, 6.07) is 14.4. The average Bonchev–Trinajstić information content (AvgIpc) is 2.54. The van der Waals surface area contributed by atoms with Gasteiger partial charge in [-0.3, -0.25) is 4.79 Å². The Morgan fingerprint density at radius 1 is 1.19 bits per heavy atom. The summed E-state index contributed by atoms with van der Waals surface area (Å²) in [6.07, 6.45) is 0.964. The number of azide groups is 1. The first-order valence-electron chi connectivity index (χ1n) is 6.54. The molecule has 2 aromatic carbocycles. The lowest BCUT2D eigenvalue weighted by atomic mass is 10.1. The van der Waals surface area contributed by atoms with Gasteiger partial charge in [0, 0.05) is 21.7 Å². The molecule has 0 heterocycles. The number of Topliss-reactive ketones (excluding diaryl/α,β-unsaturated/α-hetero) is 1. The van der Waals surface area contributed by atoms with Crippen molar-refractivity contribution in [3.8, 4) is 11.8 Å². The molecule has 2 rings (SSSR count). The fourth-order valence-electron chi connectivity index (χ4n) is 1.82. The van der Waals surface area contributed by atoms with E-state index in [1.807, 2.05) is 24.3 Å². The molecule has 0 radical (unpaired) electrons. The zero-order valence-electron chi connectivity index (χ0n) is 11.6. The van der Waals surface area contributed by atoms with Gasteiger partial charge >= 0.3 is 0 Å². The summed E-state index contributed by atoms with van der Waals surface area (Å²) >= 11 is 0. The highest BCUT2D eigenvalue weighted by Gasteiger charge is 2.06. The lowest BCUT2D eigenvalue weighted by Gasteiger charge is -1.98. The third-order valence-corrected chi connectivity index (χ3v) is 2.98. The average molecular weight is 275 g/mol. The minimum absolute atomic E-state index is 0.292. The van der Waals surface area contributed by atoms with Gasteiger partial charge in [-0.25, -0.2) is 0 Å². The number of ketones is 1. The van der Waals surface area contributed by atoms with Crippen LogP contribution in [0.5, 0.6) is 0 Å². The standard InChI is InChI=1S/C17H13N3O/c1-2-13-7-9-14(10-8-13)11-12-17(21)15-5-3-4-6-16(15)19-20-18/h3-10H,2H2,1H3. The second kappa shape index (κ2) is 6.95. The Hall–Kier alpha value is -3.02. The van der Waals surface area contributed by atoms with Crippen LogP contribution in [0.3, 0.4) is 0 Å².